The minimum atomic E-state index is -3.37. The highest BCUT2D eigenvalue weighted by molar-refractivity contribution is 7.90. The summed E-state index contributed by atoms with van der Waals surface area (Å²) in [5.74, 6) is 0. The lowest BCUT2D eigenvalue weighted by atomic mass is 10.1. The van der Waals surface area contributed by atoms with E-state index in [9.17, 15) is 13.2 Å². The Balaban J connectivity index is 2.64. The normalized spacial score (nSPS) is 12.7. The van der Waals surface area contributed by atoms with Crippen molar-refractivity contribution in [2.45, 2.75) is 50.5 Å². The number of carbonyl (C=O) groups excluding carboxylic acids is 1. The third-order valence-electron chi connectivity index (χ3n) is 3.15. The van der Waals surface area contributed by atoms with Gasteiger partial charge in [0.2, 0.25) is 0 Å². The lowest BCUT2D eigenvalue weighted by molar-refractivity contribution is 0.248. The zero-order chi connectivity index (χ0) is 15.9. The minimum Gasteiger partial charge on any atom is -0.335 e. The first-order valence-corrected chi connectivity index (χ1v) is 9.10. The van der Waals surface area contributed by atoms with Gasteiger partial charge in [0.05, 0.1) is 10.6 Å². The predicted molar refractivity (Wildman–Crippen MR) is 85.3 cm³/mol. The second-order valence-corrected chi connectivity index (χ2v) is 7.25. The van der Waals surface area contributed by atoms with Gasteiger partial charge in [0.25, 0.3) is 0 Å². The number of para-hydroxylation sites is 1. The molecule has 6 heteroatoms. The van der Waals surface area contributed by atoms with E-state index < -0.39 is 9.84 Å². The van der Waals surface area contributed by atoms with E-state index in [4.69, 9.17) is 0 Å². The molecule has 5 nitrogen and oxygen atoms in total. The number of nitrogens with one attached hydrogen (secondary N) is 2. The summed E-state index contributed by atoms with van der Waals surface area (Å²) in [6.07, 6.45) is 5.39. The second-order valence-electron chi connectivity index (χ2n) is 5.26. The van der Waals surface area contributed by atoms with Gasteiger partial charge in [-0.05, 0) is 25.5 Å². The van der Waals surface area contributed by atoms with Crippen molar-refractivity contribution in [2.75, 3.05) is 11.6 Å². The van der Waals surface area contributed by atoms with Crippen LogP contribution in [0.1, 0.15) is 39.5 Å². The third-order valence-corrected chi connectivity index (χ3v) is 4.31. The van der Waals surface area contributed by atoms with Crippen LogP contribution in [0.3, 0.4) is 0 Å². The van der Waals surface area contributed by atoms with Crippen molar-refractivity contribution in [3.8, 4) is 0 Å². The zero-order valence-corrected chi connectivity index (χ0v) is 13.7. The lowest BCUT2D eigenvalue weighted by Crippen LogP contribution is -2.36. The number of hydrogen-bond acceptors (Lipinski definition) is 3. The molecule has 0 aromatic heterocycles. The van der Waals surface area contributed by atoms with Gasteiger partial charge in [0, 0.05) is 12.3 Å². The molecule has 1 rings (SSSR count). The number of unbranched alkanes of at least 4 members (excludes halogenated alkanes) is 2. The van der Waals surface area contributed by atoms with Gasteiger partial charge in [-0.1, -0.05) is 38.3 Å². The number of anilines is 1. The van der Waals surface area contributed by atoms with Crippen molar-refractivity contribution in [3.05, 3.63) is 24.3 Å². The maximum absolute atomic E-state index is 11.9. The summed E-state index contributed by atoms with van der Waals surface area (Å²) in [7, 11) is -3.37. The van der Waals surface area contributed by atoms with E-state index in [2.05, 4.69) is 17.6 Å². The number of rotatable bonds is 7. The van der Waals surface area contributed by atoms with Crippen LogP contribution in [0.15, 0.2) is 29.2 Å². The van der Waals surface area contributed by atoms with Crippen LogP contribution in [0, 0.1) is 0 Å². The summed E-state index contributed by atoms with van der Waals surface area (Å²) in [5, 5.41) is 5.43. The van der Waals surface area contributed by atoms with Crippen molar-refractivity contribution in [1.29, 1.82) is 0 Å². The molecule has 118 valence electrons. The largest absolute Gasteiger partial charge is 0.335 e. The van der Waals surface area contributed by atoms with E-state index in [1.165, 1.54) is 6.07 Å². The Morgan fingerprint density at radius 1 is 1.24 bits per heavy atom. The van der Waals surface area contributed by atoms with Crippen molar-refractivity contribution in [2.24, 2.45) is 0 Å². The van der Waals surface area contributed by atoms with Gasteiger partial charge in [0.1, 0.15) is 0 Å². The van der Waals surface area contributed by atoms with Crippen LogP contribution in [0.5, 0.6) is 0 Å². The summed E-state index contributed by atoms with van der Waals surface area (Å²) < 4.78 is 23.3. The number of sulfone groups is 1. The van der Waals surface area contributed by atoms with E-state index in [1.807, 2.05) is 6.92 Å². The van der Waals surface area contributed by atoms with E-state index >= 15 is 0 Å². The molecule has 2 N–H and O–H groups in total. The van der Waals surface area contributed by atoms with Gasteiger partial charge in [-0.15, -0.1) is 0 Å². The van der Waals surface area contributed by atoms with Gasteiger partial charge in [-0.25, -0.2) is 13.2 Å². The Labute approximate surface area is 127 Å². The standard InChI is InChI=1S/C15H24N2O3S/c1-4-5-6-9-12(2)16-15(18)17-13-10-7-8-11-14(13)21(3,19)20/h7-8,10-12H,4-6,9H2,1-3H3,(H2,16,17,18)/t12-/m1/s1. The zero-order valence-electron chi connectivity index (χ0n) is 12.8. The monoisotopic (exact) mass is 312 g/mol. The van der Waals surface area contributed by atoms with Crippen LogP contribution in [-0.2, 0) is 9.84 Å². The molecule has 0 saturated heterocycles. The molecule has 1 atom stereocenters. The number of carbonyl (C=O) groups is 1. The first-order chi connectivity index (χ1) is 9.84. The van der Waals surface area contributed by atoms with E-state index in [-0.39, 0.29) is 17.0 Å². The van der Waals surface area contributed by atoms with E-state index in [0.717, 1.165) is 31.9 Å². The molecule has 0 fully saturated rings. The Hall–Kier alpha value is -1.56. The first kappa shape index (κ1) is 17.5. The fraction of sp³-hybridized carbons (Fsp3) is 0.533. The summed E-state index contributed by atoms with van der Waals surface area (Å²) in [6, 6.07) is 6.06. The average Bonchev–Trinajstić information content (AvgIpc) is 2.38. The fourth-order valence-electron chi connectivity index (χ4n) is 2.05. The smallest absolute Gasteiger partial charge is 0.319 e. The Bertz CT molecular complexity index is 570. The Morgan fingerprint density at radius 2 is 1.90 bits per heavy atom. The summed E-state index contributed by atoms with van der Waals surface area (Å²) in [5.41, 5.74) is 0.304. The second kappa shape index (κ2) is 8.02. The van der Waals surface area contributed by atoms with Gasteiger partial charge in [-0.2, -0.15) is 0 Å². The summed E-state index contributed by atoms with van der Waals surface area (Å²) in [4.78, 5) is 12.0. The third kappa shape index (κ3) is 6.16. The van der Waals surface area contributed by atoms with Crippen LogP contribution >= 0.6 is 0 Å². The van der Waals surface area contributed by atoms with Crippen molar-refractivity contribution >= 4 is 21.6 Å². The summed E-state index contributed by atoms with van der Waals surface area (Å²) >= 11 is 0. The molecule has 0 aliphatic rings. The van der Waals surface area contributed by atoms with Crippen molar-refractivity contribution in [1.82, 2.24) is 5.32 Å². The number of benzene rings is 1. The van der Waals surface area contributed by atoms with Gasteiger partial charge in [-0.3, -0.25) is 0 Å². The fourth-order valence-corrected chi connectivity index (χ4v) is 2.89. The molecule has 0 saturated carbocycles. The maximum Gasteiger partial charge on any atom is 0.319 e. The van der Waals surface area contributed by atoms with Crippen LogP contribution in [0.4, 0.5) is 10.5 Å². The molecule has 0 bridgehead atoms. The Kier molecular flexibility index (Phi) is 6.68. The molecule has 1 aromatic rings. The van der Waals surface area contributed by atoms with Gasteiger partial charge < -0.3 is 10.6 Å². The van der Waals surface area contributed by atoms with Crippen molar-refractivity contribution < 1.29 is 13.2 Å². The highest BCUT2D eigenvalue weighted by Crippen LogP contribution is 2.20. The van der Waals surface area contributed by atoms with E-state index in [0.29, 0.717) is 5.69 Å². The molecule has 2 amide bonds. The number of hydrogen-bond donors (Lipinski definition) is 2. The topological polar surface area (TPSA) is 75.3 Å². The predicted octanol–water partition coefficient (Wildman–Crippen LogP) is 3.18. The molecule has 0 aliphatic carbocycles. The average molecular weight is 312 g/mol. The minimum absolute atomic E-state index is 0.0574. The number of amides is 2. The molecule has 1 aromatic carbocycles. The maximum atomic E-state index is 11.9. The van der Waals surface area contributed by atoms with Gasteiger partial charge in [0.15, 0.2) is 9.84 Å². The first-order valence-electron chi connectivity index (χ1n) is 7.21. The molecule has 0 aliphatic heterocycles. The molecule has 21 heavy (non-hydrogen) atoms. The van der Waals surface area contributed by atoms with Crippen LogP contribution in [0.2, 0.25) is 0 Å². The Morgan fingerprint density at radius 3 is 2.52 bits per heavy atom. The van der Waals surface area contributed by atoms with Crippen LogP contribution in [0.25, 0.3) is 0 Å². The molecule has 0 heterocycles. The summed E-state index contributed by atoms with van der Waals surface area (Å²) in [6.45, 7) is 4.07. The van der Waals surface area contributed by atoms with Crippen LogP contribution in [-0.4, -0.2) is 26.7 Å². The quantitative estimate of drug-likeness (QED) is 0.759. The highest BCUT2D eigenvalue weighted by atomic mass is 32.2. The molecule has 0 radical (unpaired) electrons. The molecular formula is C15H24N2O3S. The SMILES string of the molecule is CCCCC[C@@H](C)NC(=O)Nc1ccccc1S(C)(=O)=O. The van der Waals surface area contributed by atoms with Crippen LogP contribution < -0.4 is 10.6 Å². The molecular weight excluding hydrogens is 288 g/mol. The van der Waals surface area contributed by atoms with Crippen molar-refractivity contribution in [3.63, 3.8) is 0 Å². The number of urea groups is 1. The molecule has 0 spiro atoms. The lowest BCUT2D eigenvalue weighted by Gasteiger charge is -2.15. The van der Waals surface area contributed by atoms with E-state index in [1.54, 1.807) is 18.2 Å². The highest BCUT2D eigenvalue weighted by Gasteiger charge is 2.15. The van der Waals surface area contributed by atoms with Gasteiger partial charge >= 0.3 is 6.03 Å². The molecule has 0 unspecified atom stereocenters.